The zero-order valence-electron chi connectivity index (χ0n) is 16.1. The Balaban J connectivity index is 1.73. The van der Waals surface area contributed by atoms with Crippen LogP contribution in [0.4, 0.5) is 4.79 Å². The van der Waals surface area contributed by atoms with Gasteiger partial charge < -0.3 is 19.7 Å². The van der Waals surface area contributed by atoms with Crippen LogP contribution >= 0.6 is 0 Å². The average Bonchev–Trinajstić information content (AvgIpc) is 3.26. The lowest BCUT2D eigenvalue weighted by molar-refractivity contribution is -0.151. The maximum atomic E-state index is 13.2. The molecule has 2 heterocycles. The third kappa shape index (κ3) is 5.10. The number of nitrogens with one attached hydrogen (secondary N) is 1. The fourth-order valence-corrected chi connectivity index (χ4v) is 3.29. The number of methoxy groups -OCH3 is 1. The number of benzene rings is 1. The molecular formula is C21H23N3O5. The summed E-state index contributed by atoms with van der Waals surface area (Å²) in [7, 11) is 1.29. The number of hydrogen-bond donors (Lipinski definition) is 1. The van der Waals surface area contributed by atoms with Gasteiger partial charge in [-0.1, -0.05) is 36.4 Å². The predicted molar refractivity (Wildman–Crippen MR) is 103 cm³/mol. The summed E-state index contributed by atoms with van der Waals surface area (Å²) in [4.78, 5) is 43.1. The quantitative estimate of drug-likeness (QED) is 0.751. The number of alkyl carbamates (subject to hydrolysis) is 1. The zero-order chi connectivity index (χ0) is 20.6. The number of ether oxygens (including phenoxy) is 2. The lowest BCUT2D eigenvalue weighted by atomic mass is 10.1. The predicted octanol–water partition coefficient (Wildman–Crippen LogP) is 2.21. The molecule has 0 spiro atoms. The third-order valence-corrected chi connectivity index (χ3v) is 4.75. The van der Waals surface area contributed by atoms with Gasteiger partial charge in [-0.15, -0.1) is 0 Å². The standard InChI is InChI=1S/C21H23N3O5/c1-28-20(26)17-10-6-12-24(17)19(25)18(16-9-5-11-22-13-16)23-21(27)29-14-15-7-3-2-4-8-15/h2-5,7-9,11,13,17-18H,6,10,12,14H2,1H3,(H,23,27)/t17-,18?/m0/s1. The molecule has 29 heavy (non-hydrogen) atoms. The number of esters is 1. The number of hydrogen-bond acceptors (Lipinski definition) is 6. The minimum absolute atomic E-state index is 0.0785. The molecule has 1 aromatic carbocycles. The Kier molecular flexibility index (Phi) is 6.78. The minimum Gasteiger partial charge on any atom is -0.467 e. The highest BCUT2D eigenvalue weighted by molar-refractivity contribution is 5.91. The van der Waals surface area contributed by atoms with Crippen LogP contribution in [0.25, 0.3) is 0 Å². The van der Waals surface area contributed by atoms with Gasteiger partial charge >= 0.3 is 12.1 Å². The van der Waals surface area contributed by atoms with Crippen molar-refractivity contribution in [2.24, 2.45) is 0 Å². The van der Waals surface area contributed by atoms with Crippen LogP contribution in [0.2, 0.25) is 0 Å². The van der Waals surface area contributed by atoms with Crippen LogP contribution in [0.5, 0.6) is 0 Å². The summed E-state index contributed by atoms with van der Waals surface area (Å²) in [6.45, 7) is 0.491. The molecule has 1 saturated heterocycles. The topological polar surface area (TPSA) is 97.8 Å². The van der Waals surface area contributed by atoms with E-state index in [-0.39, 0.29) is 6.61 Å². The zero-order valence-corrected chi connectivity index (χ0v) is 16.1. The molecule has 152 valence electrons. The van der Waals surface area contributed by atoms with E-state index in [1.165, 1.54) is 18.2 Å². The summed E-state index contributed by atoms with van der Waals surface area (Å²) < 4.78 is 10.1. The highest BCUT2D eigenvalue weighted by atomic mass is 16.5. The van der Waals surface area contributed by atoms with E-state index in [4.69, 9.17) is 9.47 Å². The average molecular weight is 397 g/mol. The maximum absolute atomic E-state index is 13.2. The molecule has 2 aromatic rings. The molecular weight excluding hydrogens is 374 g/mol. The van der Waals surface area contributed by atoms with Crippen molar-refractivity contribution in [1.29, 1.82) is 0 Å². The van der Waals surface area contributed by atoms with Crippen molar-refractivity contribution >= 4 is 18.0 Å². The highest BCUT2D eigenvalue weighted by Crippen LogP contribution is 2.24. The Labute approximate surface area is 168 Å². The number of rotatable bonds is 6. The van der Waals surface area contributed by atoms with Crippen LogP contribution in [0.15, 0.2) is 54.9 Å². The second-order valence-electron chi connectivity index (χ2n) is 6.64. The molecule has 1 aromatic heterocycles. The first-order valence-electron chi connectivity index (χ1n) is 9.35. The third-order valence-electron chi connectivity index (χ3n) is 4.75. The van der Waals surface area contributed by atoms with Gasteiger partial charge in [-0.25, -0.2) is 9.59 Å². The summed E-state index contributed by atoms with van der Waals surface area (Å²) in [6.07, 6.45) is 3.56. The SMILES string of the molecule is COC(=O)[C@@H]1CCCN1C(=O)C(NC(=O)OCc1ccccc1)c1cccnc1. The molecule has 8 nitrogen and oxygen atoms in total. The van der Waals surface area contributed by atoms with Gasteiger partial charge in [0.05, 0.1) is 7.11 Å². The van der Waals surface area contributed by atoms with Gasteiger partial charge in [-0.05, 0) is 24.5 Å². The van der Waals surface area contributed by atoms with Gasteiger partial charge in [-0.3, -0.25) is 9.78 Å². The number of likely N-dealkylation sites (tertiary alicyclic amines) is 1. The molecule has 1 aliphatic heterocycles. The van der Waals surface area contributed by atoms with E-state index in [0.717, 1.165) is 5.56 Å². The number of aromatic nitrogens is 1. The number of nitrogens with zero attached hydrogens (tertiary/aromatic N) is 2. The van der Waals surface area contributed by atoms with Gasteiger partial charge in [0, 0.05) is 24.5 Å². The van der Waals surface area contributed by atoms with E-state index < -0.39 is 30.1 Å². The van der Waals surface area contributed by atoms with Crippen LogP contribution in [-0.4, -0.2) is 47.6 Å². The molecule has 1 unspecified atom stereocenters. The van der Waals surface area contributed by atoms with Crippen molar-refractivity contribution in [3.8, 4) is 0 Å². The van der Waals surface area contributed by atoms with E-state index >= 15 is 0 Å². The fraction of sp³-hybridized carbons (Fsp3) is 0.333. The number of amides is 2. The first-order valence-corrected chi connectivity index (χ1v) is 9.35. The smallest absolute Gasteiger partial charge is 0.408 e. The molecule has 0 aliphatic carbocycles. The van der Waals surface area contributed by atoms with Crippen LogP contribution in [0, 0.1) is 0 Å². The molecule has 8 heteroatoms. The Bertz CT molecular complexity index is 844. The minimum atomic E-state index is -1.02. The summed E-state index contributed by atoms with van der Waals surface area (Å²) in [6, 6.07) is 10.9. The van der Waals surface area contributed by atoms with Crippen LogP contribution in [-0.2, 0) is 25.7 Å². The van der Waals surface area contributed by atoms with Gasteiger partial charge in [0.25, 0.3) is 5.91 Å². The molecule has 3 rings (SSSR count). The number of pyridine rings is 1. The second-order valence-corrected chi connectivity index (χ2v) is 6.64. The Morgan fingerprint density at radius 3 is 2.69 bits per heavy atom. The lowest BCUT2D eigenvalue weighted by Crippen LogP contribution is -2.47. The molecule has 0 radical (unpaired) electrons. The van der Waals surface area contributed by atoms with Gasteiger partial charge in [0.2, 0.25) is 0 Å². The molecule has 2 amide bonds. The first-order chi connectivity index (χ1) is 14.1. The van der Waals surface area contributed by atoms with Crippen molar-refractivity contribution in [3.63, 3.8) is 0 Å². The first kappa shape index (κ1) is 20.3. The van der Waals surface area contributed by atoms with Crippen molar-refractivity contribution in [2.75, 3.05) is 13.7 Å². The van der Waals surface area contributed by atoms with E-state index in [1.807, 2.05) is 30.3 Å². The number of carbonyl (C=O) groups excluding carboxylic acids is 3. The summed E-state index contributed by atoms with van der Waals surface area (Å²) >= 11 is 0. The molecule has 1 aliphatic rings. The maximum Gasteiger partial charge on any atom is 0.408 e. The van der Waals surface area contributed by atoms with E-state index in [9.17, 15) is 14.4 Å². The monoisotopic (exact) mass is 397 g/mol. The summed E-state index contributed by atoms with van der Waals surface area (Å²) in [5, 5.41) is 2.61. The normalized spacial score (nSPS) is 16.7. The molecule has 2 atom stereocenters. The molecule has 0 bridgehead atoms. The van der Waals surface area contributed by atoms with Crippen LogP contribution in [0.3, 0.4) is 0 Å². The van der Waals surface area contributed by atoms with Gasteiger partial charge in [0.1, 0.15) is 18.7 Å². The lowest BCUT2D eigenvalue weighted by Gasteiger charge is -2.27. The highest BCUT2D eigenvalue weighted by Gasteiger charge is 2.39. The van der Waals surface area contributed by atoms with Crippen LogP contribution < -0.4 is 5.32 Å². The second kappa shape index (κ2) is 9.68. The van der Waals surface area contributed by atoms with Crippen molar-refractivity contribution in [3.05, 3.63) is 66.0 Å². The van der Waals surface area contributed by atoms with Crippen molar-refractivity contribution in [1.82, 2.24) is 15.2 Å². The Morgan fingerprint density at radius 2 is 2.00 bits per heavy atom. The molecule has 1 fully saturated rings. The summed E-state index contributed by atoms with van der Waals surface area (Å²) in [5.41, 5.74) is 1.34. The Hall–Kier alpha value is -3.42. The van der Waals surface area contributed by atoms with Crippen LogP contribution in [0.1, 0.15) is 30.0 Å². The fourth-order valence-electron chi connectivity index (χ4n) is 3.29. The summed E-state index contributed by atoms with van der Waals surface area (Å²) in [5.74, 6) is -0.866. The van der Waals surface area contributed by atoms with Gasteiger partial charge in [-0.2, -0.15) is 0 Å². The van der Waals surface area contributed by atoms with E-state index in [0.29, 0.717) is 24.9 Å². The van der Waals surface area contributed by atoms with E-state index in [1.54, 1.807) is 18.3 Å². The van der Waals surface area contributed by atoms with Crippen molar-refractivity contribution in [2.45, 2.75) is 31.5 Å². The van der Waals surface area contributed by atoms with Crippen molar-refractivity contribution < 1.29 is 23.9 Å². The van der Waals surface area contributed by atoms with E-state index in [2.05, 4.69) is 10.3 Å². The molecule has 1 N–H and O–H groups in total. The Morgan fingerprint density at radius 1 is 1.21 bits per heavy atom. The van der Waals surface area contributed by atoms with Gasteiger partial charge in [0.15, 0.2) is 0 Å². The molecule has 0 saturated carbocycles. The largest absolute Gasteiger partial charge is 0.467 e. The number of carbonyl (C=O) groups is 3.